The number of nitrogens with zero attached hydrogens (tertiary/aromatic N) is 3. The first kappa shape index (κ1) is 21.4. The number of β-amino-alcohol motifs (C(OH)–C–C–N with tert-alkyl or cyclic N) is 1. The summed E-state index contributed by atoms with van der Waals surface area (Å²) < 4.78 is 5.62. The zero-order valence-electron chi connectivity index (χ0n) is 16.7. The van der Waals surface area contributed by atoms with E-state index in [2.05, 4.69) is 16.7 Å². The highest BCUT2D eigenvalue weighted by atomic mass is 35.5. The molecule has 28 heavy (non-hydrogen) atoms. The molecule has 0 saturated carbocycles. The van der Waals surface area contributed by atoms with Crippen molar-refractivity contribution in [3.05, 3.63) is 29.3 Å². The monoisotopic (exact) mass is 409 g/mol. The molecule has 1 N–H and O–H groups in total. The van der Waals surface area contributed by atoms with Crippen LogP contribution in [-0.2, 0) is 4.79 Å². The van der Waals surface area contributed by atoms with Crippen LogP contribution in [0, 0.1) is 0 Å². The van der Waals surface area contributed by atoms with Gasteiger partial charge in [-0.1, -0.05) is 23.7 Å². The molecule has 2 unspecified atom stereocenters. The maximum Gasteiger partial charge on any atom is 0.236 e. The van der Waals surface area contributed by atoms with Crippen molar-refractivity contribution in [1.29, 1.82) is 0 Å². The van der Waals surface area contributed by atoms with E-state index in [1.165, 1.54) is 6.42 Å². The van der Waals surface area contributed by atoms with Crippen LogP contribution in [0.3, 0.4) is 0 Å². The van der Waals surface area contributed by atoms with Gasteiger partial charge < -0.3 is 14.7 Å². The number of aliphatic hydroxyl groups is 1. The van der Waals surface area contributed by atoms with E-state index in [0.29, 0.717) is 29.9 Å². The third-order valence-electron chi connectivity index (χ3n) is 5.68. The van der Waals surface area contributed by atoms with Crippen molar-refractivity contribution < 1.29 is 14.6 Å². The molecule has 0 bridgehead atoms. The van der Waals surface area contributed by atoms with Crippen molar-refractivity contribution in [2.24, 2.45) is 0 Å². The molecule has 2 fully saturated rings. The van der Waals surface area contributed by atoms with E-state index < -0.39 is 6.10 Å². The third kappa shape index (κ3) is 6.08. The predicted octanol–water partition coefficient (Wildman–Crippen LogP) is 2.10. The van der Waals surface area contributed by atoms with Crippen LogP contribution in [0.2, 0.25) is 5.02 Å². The lowest BCUT2D eigenvalue weighted by Crippen LogP contribution is -2.53. The Bertz CT molecular complexity index is 637. The summed E-state index contributed by atoms with van der Waals surface area (Å²) in [7, 11) is 0. The van der Waals surface area contributed by atoms with Crippen LogP contribution in [-0.4, -0.2) is 90.3 Å². The second-order valence-corrected chi connectivity index (χ2v) is 8.31. The number of ether oxygens (including phenoxy) is 1. The Kier molecular flexibility index (Phi) is 7.97. The molecule has 2 heterocycles. The second-order valence-electron chi connectivity index (χ2n) is 7.90. The highest BCUT2D eigenvalue weighted by molar-refractivity contribution is 6.32. The Balaban J connectivity index is 1.35. The quantitative estimate of drug-likeness (QED) is 0.747. The summed E-state index contributed by atoms with van der Waals surface area (Å²) in [5, 5.41) is 10.8. The minimum atomic E-state index is -0.571. The zero-order valence-corrected chi connectivity index (χ0v) is 17.5. The Morgan fingerprint density at radius 1 is 1.18 bits per heavy atom. The number of piperidine rings is 1. The van der Waals surface area contributed by atoms with Gasteiger partial charge in [-0.2, -0.15) is 0 Å². The molecule has 3 rings (SSSR count). The van der Waals surface area contributed by atoms with E-state index in [1.54, 1.807) is 12.1 Å². The highest BCUT2D eigenvalue weighted by Crippen LogP contribution is 2.23. The number of benzene rings is 1. The fourth-order valence-electron chi connectivity index (χ4n) is 3.98. The molecular weight excluding hydrogens is 378 g/mol. The SMILES string of the molecule is CC1CCCCN1C(=O)CN1CCN(CC(O)COc2ccccc2Cl)CC1. The van der Waals surface area contributed by atoms with E-state index in [1.807, 2.05) is 17.0 Å². The normalized spacial score (nSPS) is 22.8. The number of hydrogen-bond acceptors (Lipinski definition) is 5. The van der Waals surface area contributed by atoms with Crippen LogP contribution in [0.1, 0.15) is 26.2 Å². The van der Waals surface area contributed by atoms with Crippen LogP contribution in [0.25, 0.3) is 0 Å². The molecule has 2 aliphatic heterocycles. The average Bonchev–Trinajstić information content (AvgIpc) is 2.69. The molecule has 1 amide bonds. The number of para-hydroxylation sites is 1. The van der Waals surface area contributed by atoms with Crippen LogP contribution < -0.4 is 4.74 Å². The topological polar surface area (TPSA) is 56.3 Å². The first-order valence-corrected chi connectivity index (χ1v) is 10.7. The third-order valence-corrected chi connectivity index (χ3v) is 6.00. The summed E-state index contributed by atoms with van der Waals surface area (Å²) in [5.41, 5.74) is 0. The Morgan fingerprint density at radius 3 is 2.61 bits per heavy atom. The molecule has 2 aliphatic rings. The van der Waals surface area contributed by atoms with Gasteiger partial charge in [0.1, 0.15) is 18.5 Å². The molecular formula is C21H32ClN3O3. The first-order valence-electron chi connectivity index (χ1n) is 10.3. The molecule has 156 valence electrons. The number of hydrogen-bond donors (Lipinski definition) is 1. The van der Waals surface area contributed by atoms with Crippen LogP contribution in [0.15, 0.2) is 24.3 Å². The van der Waals surface area contributed by atoms with Crippen molar-refractivity contribution in [3.8, 4) is 5.75 Å². The zero-order chi connectivity index (χ0) is 19.9. The maximum absolute atomic E-state index is 12.6. The van der Waals surface area contributed by atoms with Gasteiger partial charge in [0, 0.05) is 45.3 Å². The largest absolute Gasteiger partial charge is 0.489 e. The minimum Gasteiger partial charge on any atom is -0.489 e. The molecule has 7 heteroatoms. The minimum absolute atomic E-state index is 0.218. The molecule has 0 spiro atoms. The lowest BCUT2D eigenvalue weighted by Gasteiger charge is -2.38. The lowest BCUT2D eigenvalue weighted by molar-refractivity contribution is -0.136. The summed E-state index contributed by atoms with van der Waals surface area (Å²) in [5.74, 6) is 0.854. The van der Waals surface area contributed by atoms with Crippen molar-refractivity contribution in [2.45, 2.75) is 38.3 Å². The number of piperazine rings is 1. The number of carbonyl (C=O) groups excluding carboxylic acids is 1. The van der Waals surface area contributed by atoms with Crippen LogP contribution >= 0.6 is 11.6 Å². The molecule has 0 radical (unpaired) electrons. The van der Waals surface area contributed by atoms with Gasteiger partial charge in [-0.05, 0) is 38.3 Å². The molecule has 2 saturated heterocycles. The number of aliphatic hydroxyl groups excluding tert-OH is 1. The molecule has 0 aromatic heterocycles. The molecule has 1 aromatic rings. The Hall–Kier alpha value is -1.34. The van der Waals surface area contributed by atoms with Gasteiger partial charge in [0.2, 0.25) is 5.91 Å². The fraction of sp³-hybridized carbons (Fsp3) is 0.667. The van der Waals surface area contributed by atoms with Crippen LogP contribution in [0.4, 0.5) is 0 Å². The number of rotatable bonds is 7. The molecule has 2 atom stereocenters. The Labute approximate surface area is 173 Å². The molecule has 0 aliphatic carbocycles. The van der Waals surface area contributed by atoms with E-state index in [-0.39, 0.29) is 12.5 Å². The first-order chi connectivity index (χ1) is 13.5. The second kappa shape index (κ2) is 10.4. The fourth-order valence-corrected chi connectivity index (χ4v) is 4.17. The standard InChI is InChI=1S/C21H32ClN3O3/c1-17-6-4-5-9-25(17)21(27)15-24-12-10-23(11-13-24)14-18(26)16-28-20-8-3-2-7-19(20)22/h2-3,7-8,17-18,26H,4-6,9-16H2,1H3. The number of likely N-dealkylation sites (tertiary alicyclic amines) is 1. The van der Waals surface area contributed by atoms with E-state index in [4.69, 9.17) is 16.3 Å². The summed E-state index contributed by atoms with van der Waals surface area (Å²) in [4.78, 5) is 19.1. The summed E-state index contributed by atoms with van der Waals surface area (Å²) in [6, 6.07) is 7.65. The molecule has 1 aromatic carbocycles. The van der Waals surface area contributed by atoms with E-state index >= 15 is 0 Å². The van der Waals surface area contributed by atoms with Crippen molar-refractivity contribution in [3.63, 3.8) is 0 Å². The number of amides is 1. The van der Waals surface area contributed by atoms with Gasteiger partial charge in [0.15, 0.2) is 0 Å². The molecule has 6 nitrogen and oxygen atoms in total. The van der Waals surface area contributed by atoms with E-state index in [0.717, 1.165) is 45.6 Å². The van der Waals surface area contributed by atoms with Crippen molar-refractivity contribution in [2.75, 3.05) is 52.4 Å². The number of carbonyl (C=O) groups is 1. The number of halogens is 1. The summed E-state index contributed by atoms with van der Waals surface area (Å²) in [6.07, 6.45) is 2.90. The van der Waals surface area contributed by atoms with Gasteiger partial charge in [0.05, 0.1) is 11.6 Å². The van der Waals surface area contributed by atoms with Gasteiger partial charge in [0.25, 0.3) is 0 Å². The summed E-state index contributed by atoms with van der Waals surface area (Å²) in [6.45, 7) is 7.76. The Morgan fingerprint density at radius 2 is 1.89 bits per heavy atom. The smallest absolute Gasteiger partial charge is 0.236 e. The highest BCUT2D eigenvalue weighted by Gasteiger charge is 2.26. The predicted molar refractivity (Wildman–Crippen MR) is 111 cm³/mol. The van der Waals surface area contributed by atoms with Gasteiger partial charge in [-0.3, -0.25) is 14.6 Å². The maximum atomic E-state index is 12.6. The van der Waals surface area contributed by atoms with Gasteiger partial charge >= 0.3 is 0 Å². The van der Waals surface area contributed by atoms with Crippen molar-refractivity contribution >= 4 is 17.5 Å². The van der Waals surface area contributed by atoms with Gasteiger partial charge in [-0.25, -0.2) is 0 Å². The van der Waals surface area contributed by atoms with Crippen LogP contribution in [0.5, 0.6) is 5.75 Å². The average molecular weight is 410 g/mol. The van der Waals surface area contributed by atoms with Gasteiger partial charge in [-0.15, -0.1) is 0 Å². The lowest BCUT2D eigenvalue weighted by atomic mass is 10.0. The summed E-state index contributed by atoms with van der Waals surface area (Å²) >= 11 is 6.07. The van der Waals surface area contributed by atoms with Crippen molar-refractivity contribution in [1.82, 2.24) is 14.7 Å². The van der Waals surface area contributed by atoms with E-state index in [9.17, 15) is 9.90 Å².